The van der Waals surface area contributed by atoms with Gasteiger partial charge in [0.25, 0.3) is 0 Å². The Balaban J connectivity index is 2.09. The number of aromatic nitrogens is 3. The van der Waals surface area contributed by atoms with Crippen LogP contribution in [-0.4, -0.2) is 15.0 Å². The zero-order valence-corrected chi connectivity index (χ0v) is 10.4. The van der Waals surface area contributed by atoms with Crippen LogP contribution in [0.25, 0.3) is 0 Å². The summed E-state index contributed by atoms with van der Waals surface area (Å²) in [5.41, 5.74) is 8.07. The Morgan fingerprint density at radius 1 is 1.33 bits per heavy atom. The van der Waals surface area contributed by atoms with E-state index in [1.165, 1.54) is 12.1 Å². The monoisotopic (exact) mass is 248 g/mol. The molecule has 1 atom stereocenters. The van der Waals surface area contributed by atoms with Gasteiger partial charge in [0.15, 0.2) is 0 Å². The van der Waals surface area contributed by atoms with Crippen molar-refractivity contribution in [2.24, 2.45) is 5.73 Å². The molecule has 1 aromatic heterocycles. The Labute approximate surface area is 106 Å². The highest BCUT2D eigenvalue weighted by atomic mass is 19.1. The molecular weight excluding hydrogens is 231 g/mol. The van der Waals surface area contributed by atoms with Crippen molar-refractivity contribution in [2.75, 3.05) is 0 Å². The lowest BCUT2D eigenvalue weighted by molar-refractivity contribution is 0.525. The van der Waals surface area contributed by atoms with Crippen molar-refractivity contribution >= 4 is 0 Å². The molecular formula is C13H17FN4. The van der Waals surface area contributed by atoms with Gasteiger partial charge in [-0.2, -0.15) is 0 Å². The van der Waals surface area contributed by atoms with Crippen LogP contribution in [0.5, 0.6) is 0 Å². The maximum atomic E-state index is 12.8. The van der Waals surface area contributed by atoms with E-state index in [0.717, 1.165) is 24.2 Å². The van der Waals surface area contributed by atoms with E-state index in [1.54, 1.807) is 18.3 Å². The summed E-state index contributed by atoms with van der Waals surface area (Å²) in [6.07, 6.45) is 3.33. The van der Waals surface area contributed by atoms with Gasteiger partial charge in [0.1, 0.15) is 5.82 Å². The smallest absolute Gasteiger partial charge is 0.123 e. The van der Waals surface area contributed by atoms with Gasteiger partial charge in [-0.15, -0.1) is 5.10 Å². The Kier molecular flexibility index (Phi) is 4.04. The SMILES string of the molecule is CCCn1nncc1C(N)Cc1ccc(F)cc1. The van der Waals surface area contributed by atoms with Gasteiger partial charge in [-0.05, 0) is 30.5 Å². The Morgan fingerprint density at radius 2 is 2.06 bits per heavy atom. The minimum atomic E-state index is -0.231. The summed E-state index contributed by atoms with van der Waals surface area (Å²) in [6.45, 7) is 2.89. The highest BCUT2D eigenvalue weighted by Gasteiger charge is 2.13. The first-order valence-electron chi connectivity index (χ1n) is 6.09. The molecule has 0 bridgehead atoms. The molecule has 0 spiro atoms. The molecule has 0 aliphatic heterocycles. The van der Waals surface area contributed by atoms with Crippen LogP contribution < -0.4 is 5.73 Å². The Bertz CT molecular complexity index is 492. The molecule has 4 nitrogen and oxygen atoms in total. The zero-order valence-electron chi connectivity index (χ0n) is 10.4. The van der Waals surface area contributed by atoms with Crippen molar-refractivity contribution in [3.8, 4) is 0 Å². The van der Waals surface area contributed by atoms with Crippen LogP contribution in [-0.2, 0) is 13.0 Å². The van der Waals surface area contributed by atoms with E-state index in [4.69, 9.17) is 5.73 Å². The Morgan fingerprint density at radius 3 is 2.72 bits per heavy atom. The molecule has 5 heteroatoms. The second kappa shape index (κ2) is 5.73. The van der Waals surface area contributed by atoms with Crippen LogP contribution in [0.15, 0.2) is 30.5 Å². The topological polar surface area (TPSA) is 56.7 Å². The lowest BCUT2D eigenvalue weighted by Gasteiger charge is -2.12. The van der Waals surface area contributed by atoms with Gasteiger partial charge in [0.2, 0.25) is 0 Å². The van der Waals surface area contributed by atoms with Gasteiger partial charge in [0, 0.05) is 6.54 Å². The molecule has 1 heterocycles. The van der Waals surface area contributed by atoms with Crippen LogP contribution in [0.4, 0.5) is 4.39 Å². The van der Waals surface area contributed by atoms with E-state index in [0.29, 0.717) is 6.42 Å². The third-order valence-corrected chi connectivity index (χ3v) is 2.83. The zero-order chi connectivity index (χ0) is 13.0. The largest absolute Gasteiger partial charge is 0.322 e. The first kappa shape index (κ1) is 12.7. The molecule has 0 aliphatic rings. The van der Waals surface area contributed by atoms with Gasteiger partial charge in [0.05, 0.1) is 17.9 Å². The normalized spacial score (nSPS) is 12.6. The average molecular weight is 248 g/mol. The van der Waals surface area contributed by atoms with Crippen molar-refractivity contribution in [2.45, 2.75) is 32.4 Å². The third-order valence-electron chi connectivity index (χ3n) is 2.83. The first-order chi connectivity index (χ1) is 8.70. The minimum absolute atomic E-state index is 0.169. The van der Waals surface area contributed by atoms with Gasteiger partial charge in [-0.25, -0.2) is 9.07 Å². The van der Waals surface area contributed by atoms with Crippen LogP contribution in [0.2, 0.25) is 0 Å². The lowest BCUT2D eigenvalue weighted by atomic mass is 10.0. The maximum Gasteiger partial charge on any atom is 0.123 e. The second-order valence-electron chi connectivity index (χ2n) is 4.32. The molecule has 0 saturated carbocycles. The van der Waals surface area contributed by atoms with Crippen LogP contribution in [0.1, 0.15) is 30.6 Å². The van der Waals surface area contributed by atoms with Crippen molar-refractivity contribution in [3.63, 3.8) is 0 Å². The van der Waals surface area contributed by atoms with Crippen molar-refractivity contribution in [1.29, 1.82) is 0 Å². The highest BCUT2D eigenvalue weighted by Crippen LogP contribution is 2.15. The molecule has 0 fully saturated rings. The van der Waals surface area contributed by atoms with E-state index in [1.807, 2.05) is 4.68 Å². The second-order valence-corrected chi connectivity index (χ2v) is 4.32. The fourth-order valence-electron chi connectivity index (χ4n) is 1.92. The van der Waals surface area contributed by atoms with E-state index in [9.17, 15) is 4.39 Å². The number of halogens is 1. The number of hydrogen-bond donors (Lipinski definition) is 1. The average Bonchev–Trinajstić information content (AvgIpc) is 2.81. The van der Waals surface area contributed by atoms with E-state index >= 15 is 0 Å². The predicted molar refractivity (Wildman–Crippen MR) is 67.3 cm³/mol. The number of hydrogen-bond acceptors (Lipinski definition) is 3. The van der Waals surface area contributed by atoms with Crippen LogP contribution in [0, 0.1) is 5.82 Å². The molecule has 0 aliphatic carbocycles. The third kappa shape index (κ3) is 2.92. The van der Waals surface area contributed by atoms with Gasteiger partial charge >= 0.3 is 0 Å². The fourth-order valence-corrected chi connectivity index (χ4v) is 1.92. The quantitative estimate of drug-likeness (QED) is 0.881. The summed E-state index contributed by atoms with van der Waals surface area (Å²) in [5.74, 6) is -0.231. The summed E-state index contributed by atoms with van der Waals surface area (Å²) in [7, 11) is 0. The number of nitrogens with two attached hydrogens (primary N) is 1. The standard InChI is InChI=1S/C13H17FN4/c1-2-7-18-13(9-16-17-18)12(15)8-10-3-5-11(14)6-4-10/h3-6,9,12H,2,7-8,15H2,1H3. The van der Waals surface area contributed by atoms with Crippen molar-refractivity contribution in [1.82, 2.24) is 15.0 Å². The summed E-state index contributed by atoms with van der Waals surface area (Å²) < 4.78 is 14.6. The maximum absolute atomic E-state index is 12.8. The summed E-state index contributed by atoms with van der Waals surface area (Å²) in [4.78, 5) is 0. The lowest BCUT2D eigenvalue weighted by Crippen LogP contribution is -2.18. The molecule has 2 aromatic rings. The van der Waals surface area contributed by atoms with E-state index in [-0.39, 0.29) is 11.9 Å². The highest BCUT2D eigenvalue weighted by molar-refractivity contribution is 5.19. The van der Waals surface area contributed by atoms with E-state index in [2.05, 4.69) is 17.2 Å². The number of nitrogens with zero attached hydrogens (tertiary/aromatic N) is 3. The van der Waals surface area contributed by atoms with Crippen LogP contribution in [0.3, 0.4) is 0 Å². The van der Waals surface area contributed by atoms with Crippen molar-refractivity contribution in [3.05, 3.63) is 47.5 Å². The molecule has 18 heavy (non-hydrogen) atoms. The van der Waals surface area contributed by atoms with Crippen molar-refractivity contribution < 1.29 is 4.39 Å². The molecule has 0 saturated heterocycles. The molecule has 1 aromatic carbocycles. The van der Waals surface area contributed by atoms with Gasteiger partial charge in [-0.3, -0.25) is 0 Å². The minimum Gasteiger partial charge on any atom is -0.322 e. The molecule has 1 unspecified atom stereocenters. The molecule has 0 radical (unpaired) electrons. The summed E-state index contributed by atoms with van der Waals surface area (Å²) in [5, 5.41) is 7.90. The molecule has 2 rings (SSSR count). The van der Waals surface area contributed by atoms with Crippen LogP contribution >= 0.6 is 0 Å². The number of rotatable bonds is 5. The first-order valence-corrected chi connectivity index (χ1v) is 6.09. The summed E-state index contributed by atoms with van der Waals surface area (Å²) in [6, 6.07) is 6.23. The molecule has 2 N–H and O–H groups in total. The fraction of sp³-hybridized carbons (Fsp3) is 0.385. The molecule has 96 valence electrons. The summed E-state index contributed by atoms with van der Waals surface area (Å²) >= 11 is 0. The predicted octanol–water partition coefficient (Wildman–Crippen LogP) is 2.07. The van der Waals surface area contributed by atoms with E-state index < -0.39 is 0 Å². The van der Waals surface area contributed by atoms with Gasteiger partial charge < -0.3 is 5.73 Å². The number of aryl methyl sites for hydroxylation is 1. The molecule has 0 amide bonds. The number of benzene rings is 1. The Hall–Kier alpha value is -1.75. The van der Waals surface area contributed by atoms with Gasteiger partial charge in [-0.1, -0.05) is 24.3 Å².